The van der Waals surface area contributed by atoms with Crippen molar-refractivity contribution in [3.05, 3.63) is 53.6 Å². The Bertz CT molecular complexity index is 637. The van der Waals surface area contributed by atoms with E-state index in [2.05, 4.69) is 0 Å². The number of nitrogen functional groups attached to an aromatic ring is 2. The minimum absolute atomic E-state index is 0.115. The first kappa shape index (κ1) is 13.9. The minimum atomic E-state index is -0.115. The predicted molar refractivity (Wildman–Crippen MR) is 83.8 cm³/mol. The van der Waals surface area contributed by atoms with Gasteiger partial charge in [0.15, 0.2) is 0 Å². The van der Waals surface area contributed by atoms with Crippen LogP contribution in [0.5, 0.6) is 0 Å². The van der Waals surface area contributed by atoms with E-state index in [4.69, 9.17) is 11.5 Å². The second-order valence-corrected chi connectivity index (χ2v) is 4.74. The van der Waals surface area contributed by atoms with E-state index < -0.39 is 0 Å². The van der Waals surface area contributed by atoms with Crippen LogP contribution in [-0.2, 0) is 0 Å². The normalized spacial score (nSPS) is 10.3. The molecule has 2 aromatic rings. The van der Waals surface area contributed by atoms with E-state index in [9.17, 15) is 4.79 Å². The first-order chi connectivity index (χ1) is 9.52. The van der Waals surface area contributed by atoms with Gasteiger partial charge in [0, 0.05) is 23.6 Å². The van der Waals surface area contributed by atoms with Crippen LogP contribution in [0.2, 0.25) is 0 Å². The van der Waals surface area contributed by atoms with Crippen LogP contribution in [0.15, 0.2) is 42.5 Å². The Hall–Kier alpha value is -2.49. The molecular weight excluding hydrogens is 250 g/mol. The second-order valence-electron chi connectivity index (χ2n) is 4.74. The molecule has 4 N–H and O–H groups in total. The Labute approximate surface area is 119 Å². The molecule has 0 unspecified atom stereocenters. The van der Waals surface area contributed by atoms with Gasteiger partial charge in [0.1, 0.15) is 0 Å². The number of aryl methyl sites for hydroxylation is 1. The summed E-state index contributed by atoms with van der Waals surface area (Å²) in [5.41, 5.74) is 15.0. The maximum Gasteiger partial charge on any atom is 0.260 e. The molecule has 0 aliphatic rings. The molecule has 0 aliphatic carbocycles. The standard InChI is InChI=1S/C16H19N3O/c1-3-19(13-6-4-5-11(2)9-13)16(20)14-8-7-12(17)10-15(14)18/h4-10H,3,17-18H2,1-2H3. The third kappa shape index (κ3) is 2.74. The summed E-state index contributed by atoms with van der Waals surface area (Å²) in [6.07, 6.45) is 0. The fraction of sp³-hybridized carbons (Fsp3) is 0.188. The molecule has 0 saturated carbocycles. The van der Waals surface area contributed by atoms with Crippen molar-refractivity contribution < 1.29 is 4.79 Å². The summed E-state index contributed by atoms with van der Waals surface area (Å²) in [6, 6.07) is 12.8. The fourth-order valence-corrected chi connectivity index (χ4v) is 2.16. The number of rotatable bonds is 3. The molecule has 0 aliphatic heterocycles. The van der Waals surface area contributed by atoms with E-state index in [0.717, 1.165) is 11.3 Å². The number of nitrogens with two attached hydrogens (primary N) is 2. The van der Waals surface area contributed by atoms with Crippen molar-refractivity contribution in [1.82, 2.24) is 0 Å². The lowest BCUT2D eigenvalue weighted by Gasteiger charge is -2.22. The lowest BCUT2D eigenvalue weighted by Crippen LogP contribution is -2.31. The lowest BCUT2D eigenvalue weighted by molar-refractivity contribution is 0.0989. The van der Waals surface area contributed by atoms with Gasteiger partial charge in [0.05, 0.1) is 5.56 Å². The average Bonchev–Trinajstić information content (AvgIpc) is 2.39. The van der Waals surface area contributed by atoms with E-state index in [-0.39, 0.29) is 5.91 Å². The zero-order valence-corrected chi connectivity index (χ0v) is 11.8. The second kappa shape index (κ2) is 5.65. The van der Waals surface area contributed by atoms with Gasteiger partial charge in [-0.2, -0.15) is 0 Å². The highest BCUT2D eigenvalue weighted by atomic mass is 16.2. The Morgan fingerprint density at radius 1 is 1.15 bits per heavy atom. The molecule has 1 amide bonds. The maximum absolute atomic E-state index is 12.6. The lowest BCUT2D eigenvalue weighted by atomic mass is 10.1. The van der Waals surface area contributed by atoms with Crippen LogP contribution >= 0.6 is 0 Å². The van der Waals surface area contributed by atoms with Gasteiger partial charge in [-0.25, -0.2) is 0 Å². The van der Waals surface area contributed by atoms with Crippen LogP contribution in [0.3, 0.4) is 0 Å². The van der Waals surface area contributed by atoms with Gasteiger partial charge in [-0.05, 0) is 49.7 Å². The number of benzene rings is 2. The molecule has 0 radical (unpaired) electrons. The molecule has 0 saturated heterocycles. The number of hydrogen-bond acceptors (Lipinski definition) is 3. The molecule has 0 heterocycles. The van der Waals surface area contributed by atoms with E-state index in [1.54, 1.807) is 23.1 Å². The van der Waals surface area contributed by atoms with Crippen molar-refractivity contribution in [1.29, 1.82) is 0 Å². The first-order valence-corrected chi connectivity index (χ1v) is 6.56. The predicted octanol–water partition coefficient (Wildman–Crippen LogP) is 2.83. The third-order valence-corrected chi connectivity index (χ3v) is 3.18. The summed E-state index contributed by atoms with van der Waals surface area (Å²) >= 11 is 0. The van der Waals surface area contributed by atoms with Gasteiger partial charge in [-0.15, -0.1) is 0 Å². The van der Waals surface area contributed by atoms with Crippen molar-refractivity contribution in [2.45, 2.75) is 13.8 Å². The Kier molecular flexibility index (Phi) is 3.94. The quantitative estimate of drug-likeness (QED) is 0.841. The smallest absolute Gasteiger partial charge is 0.260 e. The Morgan fingerprint density at radius 3 is 2.50 bits per heavy atom. The Morgan fingerprint density at radius 2 is 1.90 bits per heavy atom. The average molecular weight is 269 g/mol. The highest BCUT2D eigenvalue weighted by molar-refractivity contribution is 6.09. The molecule has 4 heteroatoms. The molecule has 0 fully saturated rings. The van der Waals surface area contributed by atoms with Crippen molar-refractivity contribution in [2.75, 3.05) is 22.9 Å². The van der Waals surface area contributed by atoms with Crippen LogP contribution in [0.25, 0.3) is 0 Å². The van der Waals surface area contributed by atoms with Gasteiger partial charge in [0.25, 0.3) is 5.91 Å². The summed E-state index contributed by atoms with van der Waals surface area (Å²) in [6.45, 7) is 4.51. The molecule has 20 heavy (non-hydrogen) atoms. The van der Waals surface area contributed by atoms with Crippen molar-refractivity contribution in [3.63, 3.8) is 0 Å². The summed E-state index contributed by atoms with van der Waals surface area (Å²) in [7, 11) is 0. The highest BCUT2D eigenvalue weighted by Gasteiger charge is 2.18. The third-order valence-electron chi connectivity index (χ3n) is 3.18. The topological polar surface area (TPSA) is 72.3 Å². The van der Waals surface area contributed by atoms with Crippen molar-refractivity contribution in [2.24, 2.45) is 0 Å². The van der Waals surface area contributed by atoms with Gasteiger partial charge < -0.3 is 16.4 Å². The molecule has 104 valence electrons. The number of carbonyl (C=O) groups is 1. The zero-order chi connectivity index (χ0) is 14.7. The number of anilines is 3. The van der Waals surface area contributed by atoms with Crippen LogP contribution in [-0.4, -0.2) is 12.5 Å². The fourth-order valence-electron chi connectivity index (χ4n) is 2.16. The number of amides is 1. The van der Waals surface area contributed by atoms with Crippen LogP contribution < -0.4 is 16.4 Å². The zero-order valence-electron chi connectivity index (χ0n) is 11.8. The van der Waals surface area contributed by atoms with Crippen molar-refractivity contribution in [3.8, 4) is 0 Å². The molecule has 0 bridgehead atoms. The van der Waals surface area contributed by atoms with E-state index >= 15 is 0 Å². The first-order valence-electron chi connectivity index (χ1n) is 6.56. The van der Waals surface area contributed by atoms with E-state index in [1.807, 2.05) is 38.1 Å². The van der Waals surface area contributed by atoms with Crippen LogP contribution in [0.1, 0.15) is 22.8 Å². The highest BCUT2D eigenvalue weighted by Crippen LogP contribution is 2.22. The molecule has 2 aromatic carbocycles. The largest absolute Gasteiger partial charge is 0.399 e. The van der Waals surface area contributed by atoms with Gasteiger partial charge in [-0.3, -0.25) is 4.79 Å². The SMILES string of the molecule is CCN(C(=O)c1ccc(N)cc1N)c1cccc(C)c1. The molecule has 2 rings (SSSR count). The van der Waals surface area contributed by atoms with Gasteiger partial charge in [-0.1, -0.05) is 12.1 Å². The maximum atomic E-state index is 12.6. The van der Waals surface area contributed by atoms with Crippen LogP contribution in [0, 0.1) is 6.92 Å². The number of hydrogen-bond donors (Lipinski definition) is 2. The van der Waals surface area contributed by atoms with Crippen molar-refractivity contribution >= 4 is 23.0 Å². The number of carbonyl (C=O) groups excluding carboxylic acids is 1. The minimum Gasteiger partial charge on any atom is -0.399 e. The van der Waals surface area contributed by atoms with Gasteiger partial charge >= 0.3 is 0 Å². The van der Waals surface area contributed by atoms with Crippen LogP contribution in [0.4, 0.5) is 17.1 Å². The summed E-state index contributed by atoms with van der Waals surface area (Å²) in [4.78, 5) is 14.3. The molecule has 0 aromatic heterocycles. The van der Waals surface area contributed by atoms with Gasteiger partial charge in [0.2, 0.25) is 0 Å². The van der Waals surface area contributed by atoms with E-state index in [0.29, 0.717) is 23.5 Å². The number of nitrogens with zero attached hydrogens (tertiary/aromatic N) is 1. The molecule has 4 nitrogen and oxygen atoms in total. The Balaban J connectivity index is 2.39. The summed E-state index contributed by atoms with van der Waals surface area (Å²) < 4.78 is 0. The summed E-state index contributed by atoms with van der Waals surface area (Å²) in [5, 5.41) is 0. The van der Waals surface area contributed by atoms with E-state index in [1.165, 1.54) is 0 Å². The summed E-state index contributed by atoms with van der Waals surface area (Å²) in [5.74, 6) is -0.115. The monoisotopic (exact) mass is 269 g/mol. The molecule has 0 atom stereocenters. The molecular formula is C16H19N3O. The molecule has 0 spiro atoms.